The number of amides is 2. The molecule has 0 aliphatic heterocycles. The standard InChI is InChI=1S/C7H7.2C4H9NO.2CH3.2ClH.6Ti/c1-7-5-3-2-4-6-7;2*1-2-3-4(5)6;;;;;;;;;;/h2-6H,1H2;2*2-3H2,1H3,(H2,5,6);2*1H3;2*1H;;;;;;/q-1;;;2*-1;;;;;;;2*+2/p-4. The van der Waals surface area contributed by atoms with Gasteiger partial charge in [-0.2, -0.15) is 24.6 Å². The zero-order chi connectivity index (χ0) is 17.8. The summed E-state index contributed by atoms with van der Waals surface area (Å²) < 4.78 is 0. The first kappa shape index (κ1) is 63.5. The van der Waals surface area contributed by atoms with Crippen LogP contribution in [0.2, 0.25) is 0 Å². The SMILES string of the molecule is CCCC([NH-])=O.CCCC([NH-])=O.[CH2-]c1ccccc1.[CH3-].[CH3-].[Cl][Ti][Cl].[Ti+2].[Ti].[Ti].[Ti].[Ti]. The summed E-state index contributed by atoms with van der Waals surface area (Å²) in [6, 6.07) is 9.87. The first-order valence-corrected chi connectivity index (χ1v) is 11.0. The Kier molecular flexibility index (Phi) is 126. The van der Waals surface area contributed by atoms with Crippen molar-refractivity contribution in [3.63, 3.8) is 0 Å². The number of benzene rings is 1. The molecule has 0 saturated heterocycles. The number of carbonyl (C=O) groups is 2. The van der Waals surface area contributed by atoms with Gasteiger partial charge in [0.25, 0.3) is 0 Å². The second-order valence-electron chi connectivity index (χ2n) is 3.90. The van der Waals surface area contributed by atoms with Crippen molar-refractivity contribution in [1.29, 1.82) is 0 Å². The fraction of sp³-hybridized carbons (Fsp3) is 0.353. The molecule has 160 valence electrons. The van der Waals surface area contributed by atoms with Crippen LogP contribution in [0.5, 0.6) is 0 Å². The molecule has 0 aliphatic rings. The molecule has 1 aromatic carbocycles. The van der Waals surface area contributed by atoms with E-state index >= 15 is 0 Å². The minimum atomic E-state index is -0.556. The van der Waals surface area contributed by atoms with E-state index < -0.39 is 28.8 Å². The Morgan fingerprint density at radius 2 is 1.10 bits per heavy atom. The van der Waals surface area contributed by atoms with Crippen LogP contribution in [0.15, 0.2) is 30.3 Å². The van der Waals surface area contributed by atoms with Crippen LogP contribution in [0.4, 0.5) is 0 Å². The Labute approximate surface area is 270 Å². The molecule has 12 heteroatoms. The van der Waals surface area contributed by atoms with Crippen LogP contribution in [0.1, 0.15) is 45.1 Å². The van der Waals surface area contributed by atoms with Gasteiger partial charge in [-0.25, -0.2) is 0 Å². The minimum absolute atomic E-state index is 0. The van der Waals surface area contributed by atoms with E-state index in [1.165, 1.54) is 0 Å². The van der Waals surface area contributed by atoms with E-state index in [-0.39, 0.29) is 123 Å². The van der Waals surface area contributed by atoms with Crippen molar-refractivity contribution in [2.75, 3.05) is 0 Å². The maximum absolute atomic E-state index is 9.71. The average molecular weight is 652 g/mol. The summed E-state index contributed by atoms with van der Waals surface area (Å²) in [7, 11) is 9.78. The maximum Gasteiger partial charge on any atom is 2.00 e. The summed E-state index contributed by atoms with van der Waals surface area (Å²) in [6.07, 6.45) is 2.39. The molecule has 0 bridgehead atoms. The predicted octanol–water partition coefficient (Wildman–Crippen LogP) is 6.86. The van der Waals surface area contributed by atoms with Gasteiger partial charge in [-0.3, -0.25) is 0 Å². The van der Waals surface area contributed by atoms with E-state index in [9.17, 15) is 9.59 Å². The van der Waals surface area contributed by atoms with Crippen LogP contribution < -0.4 is 0 Å². The van der Waals surface area contributed by atoms with Gasteiger partial charge in [0.1, 0.15) is 0 Å². The molecule has 0 heterocycles. The second-order valence-corrected chi connectivity index (χ2v) is 6.48. The number of rotatable bonds is 4. The van der Waals surface area contributed by atoms with Crippen LogP contribution in [0.3, 0.4) is 0 Å². The van der Waals surface area contributed by atoms with Gasteiger partial charge < -0.3 is 35.9 Å². The van der Waals surface area contributed by atoms with Crippen molar-refractivity contribution >= 4 is 30.4 Å². The zero-order valence-corrected chi connectivity index (χ0v) is 28.4. The van der Waals surface area contributed by atoms with Crippen molar-refractivity contribution in [1.82, 2.24) is 0 Å². The molecule has 0 aliphatic carbocycles. The quantitative estimate of drug-likeness (QED) is 0.263. The Morgan fingerprint density at radius 1 is 0.862 bits per heavy atom. The Bertz CT molecular complexity index is 366. The van der Waals surface area contributed by atoms with Crippen LogP contribution in [0.25, 0.3) is 11.5 Å². The third kappa shape index (κ3) is 90.4. The molecule has 0 radical (unpaired) electrons. The van der Waals surface area contributed by atoms with Gasteiger partial charge in [-0.05, 0) is 12.8 Å². The van der Waals surface area contributed by atoms with Gasteiger partial charge in [-0.15, -0.1) is 12.1 Å². The Morgan fingerprint density at radius 3 is 1.17 bits per heavy atom. The number of hydrogen-bond donors (Lipinski definition) is 0. The summed E-state index contributed by atoms with van der Waals surface area (Å²) >= 11 is -0.556. The number of carbonyl (C=O) groups excluding carboxylic acids is 2. The molecule has 0 fully saturated rings. The summed E-state index contributed by atoms with van der Waals surface area (Å²) in [4.78, 5) is 19.4. The zero-order valence-electron chi connectivity index (χ0n) is 17.5. The van der Waals surface area contributed by atoms with Gasteiger partial charge >= 0.3 is 57.4 Å². The third-order valence-electron chi connectivity index (χ3n) is 1.80. The van der Waals surface area contributed by atoms with Gasteiger partial charge in [0.15, 0.2) is 0 Å². The van der Waals surface area contributed by atoms with E-state index in [0.717, 1.165) is 18.4 Å². The van der Waals surface area contributed by atoms with Crippen LogP contribution in [-0.4, -0.2) is 11.8 Å². The van der Waals surface area contributed by atoms with Crippen molar-refractivity contribution in [2.45, 2.75) is 39.5 Å². The number of hydrogen-bond acceptors (Lipinski definition) is 2. The van der Waals surface area contributed by atoms with Gasteiger partial charge in [0.2, 0.25) is 0 Å². The number of nitrogens with one attached hydrogen (secondary N) is 2. The second kappa shape index (κ2) is 57.6. The molecular formula is C17H29Cl2N2O2Ti6-3. The summed E-state index contributed by atoms with van der Waals surface area (Å²) in [6.45, 7) is 7.48. The van der Waals surface area contributed by atoms with E-state index in [0.29, 0.717) is 12.8 Å². The molecule has 0 saturated carbocycles. The maximum atomic E-state index is 9.71. The predicted molar refractivity (Wildman–Crippen MR) is 104 cm³/mol. The van der Waals surface area contributed by atoms with Crippen LogP contribution >= 0.6 is 18.6 Å². The van der Waals surface area contributed by atoms with Crippen molar-refractivity contribution in [3.8, 4) is 0 Å². The van der Waals surface area contributed by atoms with Gasteiger partial charge in [-0.1, -0.05) is 32.8 Å². The first-order valence-electron chi connectivity index (χ1n) is 6.67. The van der Waals surface area contributed by atoms with Crippen molar-refractivity contribution in [2.24, 2.45) is 0 Å². The van der Waals surface area contributed by atoms with E-state index in [2.05, 4.69) is 6.92 Å². The molecule has 1 aromatic rings. The molecule has 0 unspecified atom stereocenters. The number of halogens is 2. The summed E-state index contributed by atoms with van der Waals surface area (Å²) in [5, 5.41) is 0. The van der Waals surface area contributed by atoms with Gasteiger partial charge in [0.05, 0.1) is 0 Å². The fourth-order valence-corrected chi connectivity index (χ4v) is 0.932. The van der Waals surface area contributed by atoms with Crippen LogP contribution in [-0.2, 0) is 135 Å². The van der Waals surface area contributed by atoms with E-state index in [1.54, 1.807) is 0 Å². The largest absolute Gasteiger partial charge is 2.00 e. The van der Waals surface area contributed by atoms with Crippen LogP contribution in [0, 0.1) is 21.8 Å². The molecule has 1 rings (SSSR count). The normalized spacial score (nSPS) is 5.93. The van der Waals surface area contributed by atoms with E-state index in [4.69, 9.17) is 30.1 Å². The first-order chi connectivity index (χ1) is 10.3. The molecule has 2 N–H and O–H groups in total. The third-order valence-corrected chi connectivity index (χ3v) is 1.80. The molecule has 29 heavy (non-hydrogen) atoms. The topological polar surface area (TPSA) is 81.7 Å². The molecule has 0 aromatic heterocycles. The monoisotopic (exact) mass is 651 g/mol. The molecule has 0 spiro atoms. The molecule has 4 nitrogen and oxygen atoms in total. The Hall–Kier alpha value is 2.90. The summed E-state index contributed by atoms with van der Waals surface area (Å²) in [5.74, 6) is -0.921. The molecule has 2 amide bonds. The van der Waals surface area contributed by atoms with Gasteiger partial charge in [0, 0.05) is 98.7 Å². The fourth-order valence-electron chi connectivity index (χ4n) is 0.932. The minimum Gasteiger partial charge on any atom is 0 e. The summed E-state index contributed by atoms with van der Waals surface area (Å²) in [5.41, 5.74) is 13.7. The molecule has 0 atom stereocenters. The Balaban J connectivity index is -0.0000000197. The van der Waals surface area contributed by atoms with E-state index in [1.807, 2.05) is 44.2 Å². The molecular weight excluding hydrogens is 622 g/mol. The average Bonchev–Trinajstić information content (AvgIpc) is 2.41. The smallest absolute Gasteiger partial charge is 0 e. The van der Waals surface area contributed by atoms with Crippen molar-refractivity contribution in [3.05, 3.63) is 69.1 Å². The van der Waals surface area contributed by atoms with Crippen molar-refractivity contribution < 1.29 is 135 Å².